The molecule has 8 heteroatoms. The first-order chi connectivity index (χ1) is 15.6. The Balaban J connectivity index is 1.48. The summed E-state index contributed by atoms with van der Waals surface area (Å²) in [6.07, 6.45) is 2.67. The van der Waals surface area contributed by atoms with Gasteiger partial charge >= 0.3 is 0 Å². The molecule has 2 aromatic carbocycles. The number of phenolic OH excluding ortho intramolecular Hbond substituents is 1. The quantitative estimate of drug-likeness (QED) is 0.424. The molecule has 7 nitrogen and oxygen atoms in total. The molecule has 162 valence electrons. The molecule has 0 aliphatic carbocycles. The maximum absolute atomic E-state index is 12.6. The number of benzene rings is 2. The molecule has 3 N–H and O–H groups in total. The van der Waals surface area contributed by atoms with Gasteiger partial charge in [-0.15, -0.1) is 0 Å². The Morgan fingerprint density at radius 1 is 1.22 bits per heavy atom. The molecule has 32 heavy (non-hydrogen) atoms. The number of hydrogen-bond acceptors (Lipinski definition) is 6. The zero-order valence-electron chi connectivity index (χ0n) is 17.5. The third kappa shape index (κ3) is 3.89. The largest absolute Gasteiger partial charge is 0.507 e. The van der Waals surface area contributed by atoms with Crippen LogP contribution in [0.15, 0.2) is 54.7 Å². The van der Waals surface area contributed by atoms with E-state index in [2.05, 4.69) is 20.3 Å². The molecule has 0 radical (unpaired) electrons. The van der Waals surface area contributed by atoms with Gasteiger partial charge in [0.25, 0.3) is 5.91 Å². The van der Waals surface area contributed by atoms with Gasteiger partial charge in [0.1, 0.15) is 11.6 Å². The second-order valence-corrected chi connectivity index (χ2v) is 8.79. The second kappa shape index (κ2) is 8.55. The summed E-state index contributed by atoms with van der Waals surface area (Å²) in [4.78, 5) is 24.8. The number of thioether (sulfide) groups is 1. The first-order valence-electron chi connectivity index (χ1n) is 10.3. The van der Waals surface area contributed by atoms with Crippen molar-refractivity contribution in [3.63, 3.8) is 0 Å². The van der Waals surface area contributed by atoms with Crippen molar-refractivity contribution < 1.29 is 14.6 Å². The van der Waals surface area contributed by atoms with E-state index in [9.17, 15) is 9.90 Å². The summed E-state index contributed by atoms with van der Waals surface area (Å²) in [5.41, 5.74) is 4.24. The molecule has 1 aliphatic heterocycles. The third-order valence-electron chi connectivity index (χ3n) is 5.54. The van der Waals surface area contributed by atoms with Crippen LogP contribution in [0.2, 0.25) is 0 Å². The lowest BCUT2D eigenvalue weighted by Gasteiger charge is -2.10. The van der Waals surface area contributed by atoms with Gasteiger partial charge < -0.3 is 20.1 Å². The molecular weight excluding hydrogens is 424 g/mol. The molecular formula is C24H22N4O3S. The van der Waals surface area contributed by atoms with E-state index in [0.29, 0.717) is 28.3 Å². The van der Waals surface area contributed by atoms with E-state index in [4.69, 9.17) is 4.74 Å². The fourth-order valence-corrected chi connectivity index (χ4v) is 5.01. The fourth-order valence-electron chi connectivity index (χ4n) is 3.86. The summed E-state index contributed by atoms with van der Waals surface area (Å²) >= 11 is 1.86. The summed E-state index contributed by atoms with van der Waals surface area (Å²) < 4.78 is 5.37. The minimum atomic E-state index is -0.0857. The van der Waals surface area contributed by atoms with Gasteiger partial charge in [0.2, 0.25) is 5.88 Å². The highest BCUT2D eigenvalue weighted by Gasteiger charge is 2.19. The molecule has 0 bridgehead atoms. The summed E-state index contributed by atoms with van der Waals surface area (Å²) in [7, 11) is 1.58. The third-order valence-corrected chi connectivity index (χ3v) is 6.70. The molecule has 1 atom stereocenters. The van der Waals surface area contributed by atoms with Gasteiger partial charge in [0, 0.05) is 29.1 Å². The van der Waals surface area contributed by atoms with Gasteiger partial charge in [-0.1, -0.05) is 6.07 Å². The van der Waals surface area contributed by atoms with Gasteiger partial charge in [-0.3, -0.25) is 4.79 Å². The van der Waals surface area contributed by atoms with Crippen LogP contribution < -0.4 is 10.1 Å². The van der Waals surface area contributed by atoms with Crippen LogP contribution in [-0.4, -0.2) is 50.6 Å². The molecule has 1 saturated heterocycles. The predicted molar refractivity (Wildman–Crippen MR) is 126 cm³/mol. The standard InChI is InChI=1S/C24H22N4O3S/c1-31-24-17(3-2-9-25-24)14-5-7-21(29)18(11-14)22-27-19-6-4-15(12-20(19)28-22)23(30)26-16-8-10-32-13-16/h2-7,9,11-12,16,29H,8,10,13H2,1H3,(H,26,30)(H,27,28). The summed E-state index contributed by atoms with van der Waals surface area (Å²) in [6.45, 7) is 0. The number of aromatic hydroxyl groups is 1. The molecule has 5 rings (SSSR count). The molecule has 0 saturated carbocycles. The van der Waals surface area contributed by atoms with E-state index in [1.807, 2.05) is 42.1 Å². The number of nitrogens with one attached hydrogen (secondary N) is 2. The maximum Gasteiger partial charge on any atom is 0.251 e. The van der Waals surface area contributed by atoms with E-state index in [1.54, 1.807) is 31.5 Å². The Morgan fingerprint density at radius 2 is 2.12 bits per heavy atom. The van der Waals surface area contributed by atoms with Crippen molar-refractivity contribution in [3.05, 3.63) is 60.3 Å². The molecule has 0 spiro atoms. The number of H-pyrrole nitrogens is 1. The highest BCUT2D eigenvalue weighted by atomic mass is 32.2. The number of aromatic amines is 1. The van der Waals surface area contributed by atoms with Crippen LogP contribution in [-0.2, 0) is 0 Å². The van der Waals surface area contributed by atoms with E-state index >= 15 is 0 Å². The zero-order chi connectivity index (χ0) is 22.1. The van der Waals surface area contributed by atoms with Crippen LogP contribution in [0.1, 0.15) is 16.8 Å². The smallest absolute Gasteiger partial charge is 0.251 e. The van der Waals surface area contributed by atoms with Crippen LogP contribution in [0.5, 0.6) is 11.6 Å². The molecule has 4 aromatic rings. The minimum absolute atomic E-state index is 0.0857. The van der Waals surface area contributed by atoms with Crippen molar-refractivity contribution in [2.45, 2.75) is 12.5 Å². The number of carbonyl (C=O) groups is 1. The monoisotopic (exact) mass is 446 g/mol. The number of rotatable bonds is 5. The Kier molecular flexibility index (Phi) is 5.45. The Bertz CT molecular complexity index is 1300. The number of methoxy groups -OCH3 is 1. The predicted octanol–water partition coefficient (Wildman–Crippen LogP) is 4.24. The van der Waals surface area contributed by atoms with Crippen LogP contribution >= 0.6 is 11.8 Å². The molecule has 1 amide bonds. The SMILES string of the molecule is COc1ncccc1-c1ccc(O)c(-c2nc3cc(C(=O)NC4CCSC4)ccc3[nH]2)c1. The topological polar surface area (TPSA) is 100 Å². The first-order valence-corrected chi connectivity index (χ1v) is 11.5. The number of hydrogen-bond donors (Lipinski definition) is 3. The number of imidazole rings is 1. The van der Waals surface area contributed by atoms with Crippen molar-refractivity contribution >= 4 is 28.7 Å². The minimum Gasteiger partial charge on any atom is -0.507 e. The average Bonchev–Trinajstić information content (AvgIpc) is 3.48. The van der Waals surface area contributed by atoms with Crippen LogP contribution in [0, 0.1) is 0 Å². The molecule has 1 unspecified atom stereocenters. The molecule has 2 aromatic heterocycles. The number of pyridine rings is 1. The molecule has 1 fully saturated rings. The fraction of sp³-hybridized carbons (Fsp3) is 0.208. The summed E-state index contributed by atoms with van der Waals surface area (Å²) in [6, 6.07) is 14.7. The van der Waals surface area contributed by atoms with Gasteiger partial charge in [0.15, 0.2) is 0 Å². The Labute approximate surface area is 189 Å². The van der Waals surface area contributed by atoms with E-state index in [-0.39, 0.29) is 17.7 Å². The molecule has 1 aliphatic rings. The number of carbonyl (C=O) groups excluding carboxylic acids is 1. The number of fused-ring (bicyclic) bond motifs is 1. The lowest BCUT2D eigenvalue weighted by atomic mass is 10.0. The van der Waals surface area contributed by atoms with E-state index in [0.717, 1.165) is 34.6 Å². The lowest BCUT2D eigenvalue weighted by Crippen LogP contribution is -2.34. The number of ether oxygens (including phenoxy) is 1. The van der Waals surface area contributed by atoms with Crippen molar-refractivity contribution in [1.82, 2.24) is 20.3 Å². The molecule has 3 heterocycles. The summed E-state index contributed by atoms with van der Waals surface area (Å²) in [5, 5.41) is 13.6. The van der Waals surface area contributed by atoms with Gasteiger partial charge in [-0.05, 0) is 60.2 Å². The lowest BCUT2D eigenvalue weighted by molar-refractivity contribution is 0.0941. The van der Waals surface area contributed by atoms with E-state index in [1.165, 1.54) is 0 Å². The summed E-state index contributed by atoms with van der Waals surface area (Å²) in [5.74, 6) is 3.08. The van der Waals surface area contributed by atoms with Gasteiger partial charge in [-0.25, -0.2) is 9.97 Å². The van der Waals surface area contributed by atoms with Crippen LogP contribution in [0.4, 0.5) is 0 Å². The highest BCUT2D eigenvalue weighted by Crippen LogP contribution is 2.35. The highest BCUT2D eigenvalue weighted by molar-refractivity contribution is 7.99. The first kappa shape index (κ1) is 20.4. The van der Waals surface area contributed by atoms with Crippen molar-refractivity contribution in [3.8, 4) is 34.1 Å². The van der Waals surface area contributed by atoms with Crippen LogP contribution in [0.25, 0.3) is 33.5 Å². The average molecular weight is 447 g/mol. The van der Waals surface area contributed by atoms with Crippen molar-refractivity contribution in [2.75, 3.05) is 18.6 Å². The Morgan fingerprint density at radius 3 is 2.94 bits per heavy atom. The number of amides is 1. The van der Waals surface area contributed by atoms with Crippen molar-refractivity contribution in [2.24, 2.45) is 0 Å². The second-order valence-electron chi connectivity index (χ2n) is 7.64. The van der Waals surface area contributed by atoms with Crippen LogP contribution in [0.3, 0.4) is 0 Å². The maximum atomic E-state index is 12.6. The van der Waals surface area contributed by atoms with Gasteiger partial charge in [0.05, 0.1) is 23.7 Å². The number of nitrogens with zero attached hydrogens (tertiary/aromatic N) is 2. The Hall–Kier alpha value is -3.52. The number of phenols is 1. The normalized spacial score (nSPS) is 15.7. The zero-order valence-corrected chi connectivity index (χ0v) is 18.3. The van der Waals surface area contributed by atoms with E-state index < -0.39 is 0 Å². The number of aromatic nitrogens is 3. The van der Waals surface area contributed by atoms with Gasteiger partial charge in [-0.2, -0.15) is 11.8 Å². The van der Waals surface area contributed by atoms with Crippen molar-refractivity contribution in [1.29, 1.82) is 0 Å².